The van der Waals surface area contributed by atoms with Crippen molar-refractivity contribution in [1.82, 2.24) is 0 Å². The molecule has 0 saturated carbocycles. The Bertz CT molecular complexity index is 615. The van der Waals surface area contributed by atoms with Crippen LogP contribution < -0.4 is 15.8 Å². The maximum absolute atomic E-state index is 13.1. The Morgan fingerprint density at radius 3 is 2.30 bits per heavy atom. The van der Waals surface area contributed by atoms with Gasteiger partial charge in [-0.3, -0.25) is 0 Å². The molecule has 3 nitrogen and oxygen atoms in total. The molecule has 0 unspecified atom stereocenters. The van der Waals surface area contributed by atoms with E-state index in [1.54, 1.807) is 18.2 Å². The van der Waals surface area contributed by atoms with Crippen LogP contribution in [0.2, 0.25) is 0 Å². The maximum Gasteiger partial charge on any atom is 0.160 e. The standard InChI is InChI=1S/C15H16F2N2O/c1-9(2)20-15-8-11(4-6-14(15)18)19-10-3-5-12(16)13(17)7-10/h3-9,19H,18H2,1-2H3. The van der Waals surface area contributed by atoms with E-state index in [1.807, 2.05) is 13.8 Å². The molecule has 0 bridgehead atoms. The number of rotatable bonds is 4. The van der Waals surface area contributed by atoms with Crippen molar-refractivity contribution in [2.45, 2.75) is 20.0 Å². The first kappa shape index (κ1) is 14.1. The van der Waals surface area contributed by atoms with Crippen LogP contribution in [0.1, 0.15) is 13.8 Å². The average molecular weight is 278 g/mol. The number of ether oxygens (including phenoxy) is 1. The van der Waals surface area contributed by atoms with Gasteiger partial charge < -0.3 is 15.8 Å². The summed E-state index contributed by atoms with van der Waals surface area (Å²) in [5, 5.41) is 2.97. The summed E-state index contributed by atoms with van der Waals surface area (Å²) in [6.07, 6.45) is -0.00387. The van der Waals surface area contributed by atoms with Crippen LogP contribution in [-0.4, -0.2) is 6.10 Å². The zero-order chi connectivity index (χ0) is 14.7. The van der Waals surface area contributed by atoms with Gasteiger partial charge in [0.25, 0.3) is 0 Å². The van der Waals surface area contributed by atoms with Gasteiger partial charge in [0.15, 0.2) is 11.6 Å². The van der Waals surface area contributed by atoms with Gasteiger partial charge in [-0.25, -0.2) is 8.78 Å². The smallest absolute Gasteiger partial charge is 0.160 e. The molecular weight excluding hydrogens is 262 g/mol. The van der Waals surface area contributed by atoms with Gasteiger partial charge in [-0.05, 0) is 38.1 Å². The molecule has 0 atom stereocenters. The Labute approximate surface area is 116 Å². The lowest BCUT2D eigenvalue weighted by Crippen LogP contribution is -2.07. The second-order valence-electron chi connectivity index (χ2n) is 4.67. The summed E-state index contributed by atoms with van der Waals surface area (Å²) in [5.74, 6) is -1.23. The summed E-state index contributed by atoms with van der Waals surface area (Å²) in [6.45, 7) is 3.80. The van der Waals surface area contributed by atoms with E-state index >= 15 is 0 Å². The topological polar surface area (TPSA) is 47.3 Å². The van der Waals surface area contributed by atoms with E-state index in [0.29, 0.717) is 22.8 Å². The lowest BCUT2D eigenvalue weighted by atomic mass is 10.2. The second kappa shape index (κ2) is 5.77. The Hall–Kier alpha value is -2.30. The van der Waals surface area contributed by atoms with Crippen molar-refractivity contribution in [3.63, 3.8) is 0 Å². The lowest BCUT2D eigenvalue weighted by molar-refractivity contribution is 0.244. The Balaban J connectivity index is 2.22. The van der Waals surface area contributed by atoms with Crippen molar-refractivity contribution < 1.29 is 13.5 Å². The Morgan fingerprint density at radius 2 is 1.65 bits per heavy atom. The highest BCUT2D eigenvalue weighted by Gasteiger charge is 2.06. The van der Waals surface area contributed by atoms with Gasteiger partial charge in [-0.1, -0.05) is 0 Å². The molecule has 2 aromatic rings. The first-order valence-corrected chi connectivity index (χ1v) is 6.24. The number of halogens is 2. The molecular formula is C15H16F2N2O. The third kappa shape index (κ3) is 3.38. The first-order chi connectivity index (χ1) is 9.45. The highest BCUT2D eigenvalue weighted by molar-refractivity contribution is 5.66. The number of anilines is 3. The monoisotopic (exact) mass is 278 g/mol. The fraction of sp³-hybridized carbons (Fsp3) is 0.200. The lowest BCUT2D eigenvalue weighted by Gasteiger charge is -2.14. The van der Waals surface area contributed by atoms with Crippen LogP contribution in [-0.2, 0) is 0 Å². The number of benzene rings is 2. The largest absolute Gasteiger partial charge is 0.489 e. The highest BCUT2D eigenvalue weighted by atomic mass is 19.2. The fourth-order valence-corrected chi connectivity index (χ4v) is 1.71. The van der Waals surface area contributed by atoms with Crippen LogP contribution in [0, 0.1) is 11.6 Å². The number of hydrogen-bond acceptors (Lipinski definition) is 3. The molecule has 0 spiro atoms. The molecule has 0 amide bonds. The van der Waals surface area contributed by atoms with Crippen molar-refractivity contribution in [1.29, 1.82) is 0 Å². The van der Waals surface area contributed by atoms with Gasteiger partial charge in [-0.15, -0.1) is 0 Å². The fourth-order valence-electron chi connectivity index (χ4n) is 1.71. The van der Waals surface area contributed by atoms with Crippen LogP contribution in [0.3, 0.4) is 0 Å². The van der Waals surface area contributed by atoms with E-state index in [9.17, 15) is 8.78 Å². The van der Waals surface area contributed by atoms with Gasteiger partial charge in [0.2, 0.25) is 0 Å². The predicted molar refractivity (Wildman–Crippen MR) is 76.3 cm³/mol. The number of nitrogens with one attached hydrogen (secondary N) is 1. The third-order valence-corrected chi connectivity index (χ3v) is 2.58. The van der Waals surface area contributed by atoms with Crippen LogP contribution in [0.25, 0.3) is 0 Å². The van der Waals surface area contributed by atoms with Crippen molar-refractivity contribution >= 4 is 17.1 Å². The molecule has 0 aliphatic carbocycles. The molecule has 0 saturated heterocycles. The molecule has 5 heteroatoms. The van der Waals surface area contributed by atoms with E-state index in [0.717, 1.165) is 12.1 Å². The third-order valence-electron chi connectivity index (χ3n) is 2.58. The minimum atomic E-state index is -0.899. The molecule has 106 valence electrons. The van der Waals surface area contributed by atoms with Gasteiger partial charge in [0, 0.05) is 23.5 Å². The van der Waals surface area contributed by atoms with Gasteiger partial charge in [-0.2, -0.15) is 0 Å². The average Bonchev–Trinajstić information content (AvgIpc) is 2.37. The molecule has 0 aromatic heterocycles. The highest BCUT2D eigenvalue weighted by Crippen LogP contribution is 2.28. The Kier molecular flexibility index (Phi) is 4.08. The summed E-state index contributed by atoms with van der Waals surface area (Å²) >= 11 is 0. The first-order valence-electron chi connectivity index (χ1n) is 6.24. The zero-order valence-electron chi connectivity index (χ0n) is 11.3. The van der Waals surface area contributed by atoms with Crippen LogP contribution in [0.5, 0.6) is 5.75 Å². The second-order valence-corrected chi connectivity index (χ2v) is 4.67. The number of nitrogen functional groups attached to an aromatic ring is 1. The van der Waals surface area contributed by atoms with Gasteiger partial charge >= 0.3 is 0 Å². The Morgan fingerprint density at radius 1 is 1.00 bits per heavy atom. The van der Waals surface area contributed by atoms with Gasteiger partial charge in [0.05, 0.1) is 11.8 Å². The van der Waals surface area contributed by atoms with Crippen LogP contribution in [0.15, 0.2) is 36.4 Å². The number of nitrogens with two attached hydrogens (primary N) is 1. The van der Waals surface area contributed by atoms with Crippen molar-refractivity contribution in [2.24, 2.45) is 0 Å². The van der Waals surface area contributed by atoms with E-state index in [2.05, 4.69) is 5.32 Å². The molecule has 0 fully saturated rings. The summed E-state index contributed by atoms with van der Waals surface area (Å²) in [7, 11) is 0. The summed E-state index contributed by atoms with van der Waals surface area (Å²) in [4.78, 5) is 0. The summed E-state index contributed by atoms with van der Waals surface area (Å²) < 4.78 is 31.6. The van der Waals surface area contributed by atoms with Crippen LogP contribution >= 0.6 is 0 Å². The minimum absolute atomic E-state index is 0.00387. The van der Waals surface area contributed by atoms with Gasteiger partial charge in [0.1, 0.15) is 5.75 Å². The molecule has 3 N–H and O–H groups in total. The summed E-state index contributed by atoms with van der Waals surface area (Å²) in [5.41, 5.74) is 7.47. The molecule has 0 aliphatic heterocycles. The SMILES string of the molecule is CC(C)Oc1cc(Nc2ccc(F)c(F)c2)ccc1N. The quantitative estimate of drug-likeness (QED) is 0.828. The van der Waals surface area contributed by atoms with Crippen molar-refractivity contribution in [3.05, 3.63) is 48.0 Å². The molecule has 20 heavy (non-hydrogen) atoms. The molecule has 2 aromatic carbocycles. The maximum atomic E-state index is 13.1. The summed E-state index contributed by atoms with van der Waals surface area (Å²) in [6, 6.07) is 8.77. The molecule has 0 heterocycles. The number of hydrogen-bond donors (Lipinski definition) is 2. The van der Waals surface area contributed by atoms with E-state index in [-0.39, 0.29) is 6.10 Å². The van der Waals surface area contributed by atoms with Crippen LogP contribution in [0.4, 0.5) is 25.8 Å². The minimum Gasteiger partial charge on any atom is -0.489 e. The normalized spacial score (nSPS) is 10.7. The van der Waals surface area contributed by atoms with Crippen molar-refractivity contribution in [3.8, 4) is 5.75 Å². The van der Waals surface area contributed by atoms with E-state index < -0.39 is 11.6 Å². The van der Waals surface area contributed by atoms with E-state index in [4.69, 9.17) is 10.5 Å². The molecule has 0 aliphatic rings. The van der Waals surface area contributed by atoms with Crippen molar-refractivity contribution in [2.75, 3.05) is 11.1 Å². The molecule has 2 rings (SSSR count). The predicted octanol–water partition coefficient (Wildman–Crippen LogP) is 4.08. The molecule has 0 radical (unpaired) electrons. The zero-order valence-corrected chi connectivity index (χ0v) is 11.3. The van der Waals surface area contributed by atoms with E-state index in [1.165, 1.54) is 6.07 Å².